The Hall–Kier alpha value is -1.31. The van der Waals surface area contributed by atoms with E-state index >= 15 is 0 Å². The fourth-order valence-corrected chi connectivity index (χ4v) is 3.64. The van der Waals surface area contributed by atoms with Crippen molar-refractivity contribution in [2.24, 2.45) is 4.99 Å². The van der Waals surface area contributed by atoms with E-state index in [9.17, 15) is 4.79 Å². The highest BCUT2D eigenvalue weighted by Gasteiger charge is 2.25. The average Bonchev–Trinajstić information content (AvgIpc) is 3.26. The van der Waals surface area contributed by atoms with Crippen LogP contribution in [0.2, 0.25) is 0 Å². The SMILES string of the molecule is CCC(=O)N1CCC(NC(=NC)NCc2ccc3c(c2)CCC3)C1.I. The van der Waals surface area contributed by atoms with Gasteiger partial charge in [-0.05, 0) is 42.4 Å². The van der Waals surface area contributed by atoms with E-state index in [-0.39, 0.29) is 35.9 Å². The molecular weight excluding hydrogens is 427 g/mol. The van der Waals surface area contributed by atoms with E-state index in [1.807, 2.05) is 11.8 Å². The fraction of sp³-hybridized carbons (Fsp3) is 0.579. The van der Waals surface area contributed by atoms with Gasteiger partial charge in [0, 0.05) is 39.1 Å². The number of aryl methyl sites for hydroxylation is 2. The smallest absolute Gasteiger partial charge is 0.222 e. The lowest BCUT2D eigenvalue weighted by molar-refractivity contribution is -0.129. The predicted molar refractivity (Wildman–Crippen MR) is 112 cm³/mol. The minimum Gasteiger partial charge on any atom is -0.352 e. The van der Waals surface area contributed by atoms with Gasteiger partial charge < -0.3 is 15.5 Å². The first-order valence-electron chi connectivity index (χ1n) is 9.05. The molecule has 5 nitrogen and oxygen atoms in total. The Morgan fingerprint density at radius 1 is 1.32 bits per heavy atom. The van der Waals surface area contributed by atoms with E-state index in [0.29, 0.717) is 6.42 Å². The van der Waals surface area contributed by atoms with E-state index in [0.717, 1.165) is 32.0 Å². The number of nitrogens with zero attached hydrogens (tertiary/aromatic N) is 2. The van der Waals surface area contributed by atoms with Gasteiger partial charge in [-0.2, -0.15) is 0 Å². The van der Waals surface area contributed by atoms with E-state index in [4.69, 9.17) is 0 Å². The van der Waals surface area contributed by atoms with E-state index in [1.165, 1.54) is 36.0 Å². The van der Waals surface area contributed by atoms with Gasteiger partial charge in [0.05, 0.1) is 0 Å². The topological polar surface area (TPSA) is 56.7 Å². The van der Waals surface area contributed by atoms with Crippen molar-refractivity contribution >= 4 is 35.8 Å². The molecule has 1 fully saturated rings. The van der Waals surface area contributed by atoms with Crippen LogP contribution in [0.4, 0.5) is 0 Å². The largest absolute Gasteiger partial charge is 0.352 e. The Balaban J connectivity index is 0.00000225. The zero-order valence-corrected chi connectivity index (χ0v) is 17.5. The lowest BCUT2D eigenvalue weighted by Gasteiger charge is -2.19. The predicted octanol–water partition coefficient (Wildman–Crippen LogP) is 2.47. The highest BCUT2D eigenvalue weighted by Crippen LogP contribution is 2.22. The molecule has 0 saturated carbocycles. The van der Waals surface area contributed by atoms with E-state index < -0.39 is 0 Å². The van der Waals surface area contributed by atoms with Gasteiger partial charge >= 0.3 is 0 Å². The number of aliphatic imine (C=N–C) groups is 1. The van der Waals surface area contributed by atoms with Crippen molar-refractivity contribution in [2.45, 2.75) is 51.6 Å². The highest BCUT2D eigenvalue weighted by atomic mass is 127. The van der Waals surface area contributed by atoms with Gasteiger partial charge in [0.25, 0.3) is 0 Å². The van der Waals surface area contributed by atoms with Gasteiger partial charge in [0.2, 0.25) is 5.91 Å². The summed E-state index contributed by atoms with van der Waals surface area (Å²) in [6.45, 7) is 4.30. The normalized spacial score (nSPS) is 19.4. The number of likely N-dealkylation sites (tertiary alicyclic amines) is 1. The Morgan fingerprint density at radius 3 is 2.88 bits per heavy atom. The molecular formula is C19H29IN4O. The molecule has 0 aromatic heterocycles. The first-order valence-corrected chi connectivity index (χ1v) is 9.05. The van der Waals surface area contributed by atoms with Gasteiger partial charge in [-0.15, -0.1) is 24.0 Å². The van der Waals surface area contributed by atoms with E-state index in [2.05, 4.69) is 33.8 Å². The molecule has 3 rings (SSSR count). The number of carbonyl (C=O) groups is 1. The number of amides is 1. The number of rotatable bonds is 4. The van der Waals surface area contributed by atoms with Crippen LogP contribution in [0, 0.1) is 0 Å². The van der Waals surface area contributed by atoms with Gasteiger partial charge in [-0.1, -0.05) is 25.1 Å². The summed E-state index contributed by atoms with van der Waals surface area (Å²) < 4.78 is 0. The maximum atomic E-state index is 11.8. The summed E-state index contributed by atoms with van der Waals surface area (Å²) in [5, 5.41) is 6.84. The van der Waals surface area contributed by atoms with Crippen LogP contribution in [0.5, 0.6) is 0 Å². The fourth-order valence-electron chi connectivity index (χ4n) is 3.64. The molecule has 2 N–H and O–H groups in total. The van der Waals surface area contributed by atoms with Crippen molar-refractivity contribution in [1.29, 1.82) is 0 Å². The van der Waals surface area contributed by atoms with Crippen molar-refractivity contribution < 1.29 is 4.79 Å². The second-order valence-corrected chi connectivity index (χ2v) is 6.71. The van der Waals surface area contributed by atoms with Crippen LogP contribution in [0.3, 0.4) is 0 Å². The number of hydrogen-bond donors (Lipinski definition) is 2. The zero-order chi connectivity index (χ0) is 16.9. The van der Waals surface area contributed by atoms with E-state index in [1.54, 1.807) is 7.05 Å². The lowest BCUT2D eigenvalue weighted by Crippen LogP contribution is -2.44. The molecule has 1 saturated heterocycles. The monoisotopic (exact) mass is 456 g/mol. The Morgan fingerprint density at radius 2 is 2.12 bits per heavy atom. The molecule has 1 aliphatic carbocycles. The molecule has 1 aromatic rings. The molecule has 0 spiro atoms. The number of benzene rings is 1. The number of guanidine groups is 1. The minimum absolute atomic E-state index is 0. The summed E-state index contributed by atoms with van der Waals surface area (Å²) >= 11 is 0. The van der Waals surface area contributed by atoms with Crippen LogP contribution in [0.15, 0.2) is 23.2 Å². The van der Waals surface area contributed by atoms with Crippen LogP contribution >= 0.6 is 24.0 Å². The molecule has 0 radical (unpaired) electrons. The maximum Gasteiger partial charge on any atom is 0.222 e. The number of nitrogens with one attached hydrogen (secondary N) is 2. The summed E-state index contributed by atoms with van der Waals surface area (Å²) in [5.74, 6) is 1.05. The third-order valence-corrected chi connectivity index (χ3v) is 5.03. The second-order valence-electron chi connectivity index (χ2n) is 6.71. The Kier molecular flexibility index (Phi) is 7.53. The van der Waals surface area contributed by atoms with Crippen LogP contribution in [0.1, 0.15) is 42.9 Å². The average molecular weight is 456 g/mol. The molecule has 1 unspecified atom stereocenters. The standard InChI is InChI=1S/C19H28N4O.HI/c1-3-18(24)23-10-9-17(13-23)22-19(20-2)21-12-14-7-8-15-5-4-6-16(15)11-14;/h7-8,11,17H,3-6,9-10,12-13H2,1-2H3,(H2,20,21,22);1H. The molecule has 6 heteroatoms. The molecule has 25 heavy (non-hydrogen) atoms. The molecule has 2 aliphatic rings. The summed E-state index contributed by atoms with van der Waals surface area (Å²) in [6.07, 6.45) is 5.27. The molecule has 1 amide bonds. The second kappa shape index (κ2) is 9.40. The summed E-state index contributed by atoms with van der Waals surface area (Å²) in [7, 11) is 1.79. The molecule has 0 bridgehead atoms. The van der Waals surface area contributed by atoms with Crippen LogP contribution in [-0.2, 0) is 24.2 Å². The Bertz CT molecular complexity index is 632. The zero-order valence-electron chi connectivity index (χ0n) is 15.2. The van der Waals surface area contributed by atoms with Crippen molar-refractivity contribution in [1.82, 2.24) is 15.5 Å². The number of hydrogen-bond acceptors (Lipinski definition) is 2. The van der Waals surface area contributed by atoms with Crippen molar-refractivity contribution in [3.8, 4) is 0 Å². The molecule has 1 heterocycles. The third-order valence-electron chi connectivity index (χ3n) is 5.03. The van der Waals surface area contributed by atoms with Gasteiger partial charge in [-0.3, -0.25) is 9.79 Å². The summed E-state index contributed by atoms with van der Waals surface area (Å²) in [6, 6.07) is 7.08. The van der Waals surface area contributed by atoms with Gasteiger partial charge in [-0.25, -0.2) is 0 Å². The minimum atomic E-state index is 0. The maximum absolute atomic E-state index is 11.8. The van der Waals surface area contributed by atoms with Crippen LogP contribution in [-0.4, -0.2) is 42.9 Å². The van der Waals surface area contributed by atoms with Crippen molar-refractivity contribution in [3.63, 3.8) is 0 Å². The molecule has 1 aliphatic heterocycles. The summed E-state index contributed by atoms with van der Waals surface area (Å²) in [5.41, 5.74) is 4.31. The first-order chi connectivity index (χ1) is 11.7. The number of carbonyl (C=O) groups excluding carboxylic acids is 1. The summed E-state index contributed by atoms with van der Waals surface area (Å²) in [4.78, 5) is 18.0. The van der Waals surface area contributed by atoms with Crippen LogP contribution in [0.25, 0.3) is 0 Å². The number of halogens is 1. The highest BCUT2D eigenvalue weighted by molar-refractivity contribution is 14.0. The lowest BCUT2D eigenvalue weighted by atomic mass is 10.1. The molecule has 1 atom stereocenters. The molecule has 1 aromatic carbocycles. The van der Waals surface area contributed by atoms with Crippen LogP contribution < -0.4 is 10.6 Å². The third kappa shape index (κ3) is 5.09. The van der Waals surface area contributed by atoms with Gasteiger partial charge in [0.1, 0.15) is 0 Å². The van der Waals surface area contributed by atoms with Gasteiger partial charge in [0.15, 0.2) is 5.96 Å². The Labute approximate surface area is 167 Å². The molecule has 138 valence electrons. The number of fused-ring (bicyclic) bond motifs is 1. The van der Waals surface area contributed by atoms with Crippen molar-refractivity contribution in [2.75, 3.05) is 20.1 Å². The first kappa shape index (κ1) is 20.0. The quantitative estimate of drug-likeness (QED) is 0.416. The van der Waals surface area contributed by atoms with Crippen molar-refractivity contribution in [3.05, 3.63) is 34.9 Å².